The first-order chi connectivity index (χ1) is 12.2. The number of nitrogens with zero attached hydrogens (tertiary/aromatic N) is 2. The van der Waals surface area contributed by atoms with Crippen LogP contribution in [0.1, 0.15) is 40.0 Å². The maximum Gasteiger partial charge on any atom is 0.243 e. The number of halogens is 1. The number of carbonyl (C=O) groups excluding carboxylic acids is 1. The molecule has 1 aliphatic heterocycles. The van der Waals surface area contributed by atoms with E-state index in [1.165, 1.54) is 6.92 Å². The molecule has 0 bridgehead atoms. The first-order valence-electron chi connectivity index (χ1n) is 9.28. The van der Waals surface area contributed by atoms with Crippen molar-refractivity contribution in [1.82, 2.24) is 9.21 Å². The van der Waals surface area contributed by atoms with Crippen molar-refractivity contribution in [3.8, 4) is 0 Å². The Morgan fingerprint density at radius 3 is 2.26 bits per heavy atom. The third kappa shape index (κ3) is 6.75. The number of nitrogens with one attached hydrogen (secondary N) is 1. The number of hydrogen-bond donors (Lipinski definition) is 1. The van der Waals surface area contributed by atoms with Crippen LogP contribution in [0.4, 0.5) is 5.69 Å². The van der Waals surface area contributed by atoms with Crippen LogP contribution in [0, 0.1) is 5.92 Å². The highest BCUT2D eigenvalue weighted by Crippen LogP contribution is 2.24. The lowest BCUT2D eigenvalue weighted by molar-refractivity contribution is -0.114. The van der Waals surface area contributed by atoms with E-state index < -0.39 is 10.0 Å². The van der Waals surface area contributed by atoms with Gasteiger partial charge in [-0.3, -0.25) is 4.79 Å². The second-order valence-corrected chi connectivity index (χ2v) is 9.44. The second-order valence-electron chi connectivity index (χ2n) is 7.50. The van der Waals surface area contributed by atoms with Crippen LogP contribution in [0.15, 0.2) is 29.2 Å². The zero-order chi connectivity index (χ0) is 19.3. The molecule has 154 valence electrons. The van der Waals surface area contributed by atoms with Crippen LogP contribution in [0.25, 0.3) is 0 Å². The number of benzene rings is 1. The van der Waals surface area contributed by atoms with Gasteiger partial charge in [0.1, 0.15) is 0 Å². The lowest BCUT2D eigenvalue weighted by atomic mass is 10.0. The summed E-state index contributed by atoms with van der Waals surface area (Å²) >= 11 is 0. The zero-order valence-electron chi connectivity index (χ0n) is 16.6. The average molecular weight is 418 g/mol. The molecule has 1 aliphatic rings. The Balaban J connectivity index is 0.00000364. The van der Waals surface area contributed by atoms with Gasteiger partial charge >= 0.3 is 0 Å². The predicted molar refractivity (Wildman–Crippen MR) is 112 cm³/mol. The van der Waals surface area contributed by atoms with Crippen molar-refractivity contribution in [3.63, 3.8) is 0 Å². The normalized spacial score (nSPS) is 16.4. The quantitative estimate of drug-likeness (QED) is 0.739. The van der Waals surface area contributed by atoms with Crippen molar-refractivity contribution < 1.29 is 13.2 Å². The van der Waals surface area contributed by atoms with E-state index in [1.807, 2.05) is 0 Å². The molecule has 0 saturated carbocycles. The maximum atomic E-state index is 12.8. The van der Waals surface area contributed by atoms with Crippen molar-refractivity contribution in [2.75, 3.05) is 32.0 Å². The number of anilines is 1. The topological polar surface area (TPSA) is 69.7 Å². The Kier molecular flexibility index (Phi) is 9.21. The Labute approximate surface area is 169 Å². The Bertz CT molecular complexity index is 699. The fourth-order valence-electron chi connectivity index (χ4n) is 3.23. The summed E-state index contributed by atoms with van der Waals surface area (Å²) < 4.78 is 27.3. The lowest BCUT2D eigenvalue weighted by Gasteiger charge is -2.36. The van der Waals surface area contributed by atoms with Gasteiger partial charge in [0.2, 0.25) is 15.9 Å². The molecule has 1 N–H and O–H groups in total. The fraction of sp³-hybridized carbons (Fsp3) is 0.632. The Morgan fingerprint density at radius 2 is 1.78 bits per heavy atom. The van der Waals surface area contributed by atoms with Crippen molar-refractivity contribution >= 4 is 34.0 Å². The summed E-state index contributed by atoms with van der Waals surface area (Å²) in [6.45, 7) is 8.02. The van der Waals surface area contributed by atoms with Crippen LogP contribution >= 0.6 is 12.4 Å². The van der Waals surface area contributed by atoms with E-state index in [9.17, 15) is 13.2 Å². The molecule has 1 amide bonds. The van der Waals surface area contributed by atoms with Crippen LogP contribution < -0.4 is 5.32 Å². The fourth-order valence-corrected chi connectivity index (χ4v) is 4.70. The molecular weight excluding hydrogens is 386 g/mol. The molecule has 0 radical (unpaired) electrons. The van der Waals surface area contributed by atoms with Crippen LogP contribution in [0.2, 0.25) is 0 Å². The minimum absolute atomic E-state index is 0. The molecule has 0 spiro atoms. The van der Waals surface area contributed by atoms with Gasteiger partial charge in [-0.2, -0.15) is 4.31 Å². The third-order valence-electron chi connectivity index (χ3n) is 4.92. The summed E-state index contributed by atoms with van der Waals surface area (Å²) in [5, 5.41) is 2.65. The van der Waals surface area contributed by atoms with E-state index in [4.69, 9.17) is 0 Å². The summed E-state index contributed by atoms with van der Waals surface area (Å²) in [5.41, 5.74) is 0.599. The molecule has 0 aromatic heterocycles. The van der Waals surface area contributed by atoms with Crippen molar-refractivity contribution in [3.05, 3.63) is 24.3 Å². The van der Waals surface area contributed by atoms with Crippen molar-refractivity contribution in [2.24, 2.45) is 5.92 Å². The monoisotopic (exact) mass is 417 g/mol. The molecule has 1 saturated heterocycles. The van der Waals surface area contributed by atoms with Gasteiger partial charge in [-0.15, -0.1) is 12.4 Å². The van der Waals surface area contributed by atoms with Crippen molar-refractivity contribution in [2.45, 2.75) is 51.0 Å². The molecule has 2 rings (SSSR count). The lowest BCUT2D eigenvalue weighted by Crippen LogP contribution is -2.45. The van der Waals surface area contributed by atoms with Gasteiger partial charge in [-0.25, -0.2) is 8.42 Å². The van der Waals surface area contributed by atoms with Gasteiger partial charge in [0.05, 0.1) is 4.90 Å². The maximum absolute atomic E-state index is 12.8. The number of rotatable bonds is 7. The highest BCUT2D eigenvalue weighted by atomic mass is 35.5. The molecule has 0 aliphatic carbocycles. The molecule has 0 atom stereocenters. The predicted octanol–water partition coefficient (Wildman–Crippen LogP) is 3.20. The molecular formula is C19H32ClN3O3S. The van der Waals surface area contributed by atoms with E-state index in [1.54, 1.807) is 28.6 Å². The van der Waals surface area contributed by atoms with E-state index in [0.717, 1.165) is 25.8 Å². The summed E-state index contributed by atoms with van der Waals surface area (Å²) in [5.74, 6) is 0.502. The first kappa shape index (κ1) is 23.9. The molecule has 1 heterocycles. The van der Waals surface area contributed by atoms with Crippen LogP contribution in [0.3, 0.4) is 0 Å². The van der Waals surface area contributed by atoms with Crippen LogP contribution in [0.5, 0.6) is 0 Å². The minimum atomic E-state index is -3.48. The van der Waals surface area contributed by atoms with E-state index >= 15 is 0 Å². The molecule has 1 aromatic carbocycles. The largest absolute Gasteiger partial charge is 0.326 e. The molecule has 27 heavy (non-hydrogen) atoms. The highest BCUT2D eigenvalue weighted by molar-refractivity contribution is 7.89. The summed E-state index contributed by atoms with van der Waals surface area (Å²) in [7, 11) is -1.34. The van der Waals surface area contributed by atoms with Gasteiger partial charge in [0.25, 0.3) is 0 Å². The summed E-state index contributed by atoms with van der Waals surface area (Å²) in [4.78, 5) is 13.7. The third-order valence-corrected chi connectivity index (χ3v) is 6.83. The molecule has 8 heteroatoms. The first-order valence-corrected chi connectivity index (χ1v) is 10.7. The Hall–Kier alpha value is -1.15. The van der Waals surface area contributed by atoms with Gasteiger partial charge in [-0.1, -0.05) is 13.8 Å². The number of hydrogen-bond acceptors (Lipinski definition) is 4. The van der Waals surface area contributed by atoms with Gasteiger partial charge in [-0.05, 0) is 63.0 Å². The number of carbonyl (C=O) groups is 1. The number of piperidine rings is 1. The van der Waals surface area contributed by atoms with Gasteiger partial charge in [0, 0.05) is 31.7 Å². The zero-order valence-corrected chi connectivity index (χ0v) is 18.3. The summed E-state index contributed by atoms with van der Waals surface area (Å²) in [6.07, 6.45) is 2.88. The van der Waals surface area contributed by atoms with Crippen LogP contribution in [-0.4, -0.2) is 56.3 Å². The van der Waals surface area contributed by atoms with E-state index in [0.29, 0.717) is 30.7 Å². The molecule has 6 nitrogen and oxygen atoms in total. The average Bonchev–Trinajstić information content (AvgIpc) is 2.59. The smallest absolute Gasteiger partial charge is 0.243 e. The SMILES string of the molecule is CC(=O)Nc1ccc(S(=O)(=O)N2CCC(N(C)CCC(C)C)CC2)cc1.Cl. The minimum Gasteiger partial charge on any atom is -0.326 e. The Morgan fingerprint density at radius 1 is 1.22 bits per heavy atom. The highest BCUT2D eigenvalue weighted by Gasteiger charge is 2.30. The second kappa shape index (κ2) is 10.4. The number of sulfonamides is 1. The van der Waals surface area contributed by atoms with E-state index in [-0.39, 0.29) is 23.2 Å². The molecule has 0 unspecified atom stereocenters. The standard InChI is InChI=1S/C19H31N3O3S.ClH/c1-15(2)9-12-21(4)18-10-13-22(14-11-18)26(24,25)19-7-5-17(6-8-19)20-16(3)23;/h5-8,15,18H,9-14H2,1-4H3,(H,20,23);1H. The van der Waals surface area contributed by atoms with Crippen molar-refractivity contribution in [1.29, 1.82) is 0 Å². The number of amides is 1. The molecule has 1 fully saturated rings. The molecule has 1 aromatic rings. The van der Waals surface area contributed by atoms with E-state index in [2.05, 4.69) is 31.1 Å². The van der Waals surface area contributed by atoms with Crippen LogP contribution in [-0.2, 0) is 14.8 Å². The van der Waals surface area contributed by atoms with Gasteiger partial charge < -0.3 is 10.2 Å². The van der Waals surface area contributed by atoms with Gasteiger partial charge in [0.15, 0.2) is 0 Å². The summed E-state index contributed by atoms with van der Waals surface area (Å²) in [6, 6.07) is 6.81.